The van der Waals surface area contributed by atoms with Crippen LogP contribution in [0.1, 0.15) is 25.6 Å². The molecule has 1 saturated carbocycles. The maximum atomic E-state index is 4.68. The predicted octanol–water partition coefficient (Wildman–Crippen LogP) is 3.21. The molecule has 0 aromatic carbocycles. The zero-order valence-corrected chi connectivity index (χ0v) is 13.2. The summed E-state index contributed by atoms with van der Waals surface area (Å²) in [5.74, 6) is 2.61. The van der Waals surface area contributed by atoms with Crippen molar-refractivity contribution in [1.29, 1.82) is 0 Å². The number of rotatable bonds is 5. The molecule has 118 valence electrons. The number of nitrogens with zero attached hydrogens (tertiary/aromatic N) is 4. The van der Waals surface area contributed by atoms with Gasteiger partial charge in [-0.2, -0.15) is 0 Å². The van der Waals surface area contributed by atoms with Gasteiger partial charge in [-0.15, -0.1) is 0 Å². The van der Waals surface area contributed by atoms with Gasteiger partial charge in [0.15, 0.2) is 0 Å². The first-order valence-electron chi connectivity index (χ1n) is 8.04. The SMILES string of the molecule is C=CN(Cc1nc2cnc3[nH]ccc3c2[nH]1)/C(=N\CC)C1CC1. The van der Waals surface area contributed by atoms with Gasteiger partial charge in [0.1, 0.15) is 22.8 Å². The highest BCUT2D eigenvalue weighted by Gasteiger charge is 2.30. The summed E-state index contributed by atoms with van der Waals surface area (Å²) in [5.41, 5.74) is 2.78. The zero-order valence-electron chi connectivity index (χ0n) is 13.2. The van der Waals surface area contributed by atoms with Crippen LogP contribution in [-0.4, -0.2) is 37.2 Å². The Morgan fingerprint density at radius 2 is 2.39 bits per heavy atom. The van der Waals surface area contributed by atoms with Crippen LogP contribution in [-0.2, 0) is 6.54 Å². The smallest absolute Gasteiger partial charge is 0.139 e. The van der Waals surface area contributed by atoms with E-state index in [4.69, 9.17) is 0 Å². The summed E-state index contributed by atoms with van der Waals surface area (Å²) in [7, 11) is 0. The van der Waals surface area contributed by atoms with Crippen molar-refractivity contribution in [2.75, 3.05) is 6.54 Å². The van der Waals surface area contributed by atoms with Crippen LogP contribution in [0.3, 0.4) is 0 Å². The van der Waals surface area contributed by atoms with Gasteiger partial charge in [0.25, 0.3) is 0 Å². The lowest BCUT2D eigenvalue weighted by atomic mass is 10.3. The molecule has 4 rings (SSSR count). The fourth-order valence-electron chi connectivity index (χ4n) is 2.96. The lowest BCUT2D eigenvalue weighted by Gasteiger charge is -2.20. The number of pyridine rings is 1. The molecule has 0 spiro atoms. The number of H-pyrrole nitrogens is 2. The van der Waals surface area contributed by atoms with Crippen molar-refractivity contribution in [3.05, 3.63) is 37.1 Å². The molecule has 23 heavy (non-hydrogen) atoms. The minimum Gasteiger partial charge on any atom is -0.346 e. The molecule has 3 aromatic rings. The maximum Gasteiger partial charge on any atom is 0.139 e. The van der Waals surface area contributed by atoms with Crippen LogP contribution in [0, 0.1) is 5.92 Å². The van der Waals surface area contributed by atoms with Crippen molar-refractivity contribution in [1.82, 2.24) is 24.8 Å². The third kappa shape index (κ3) is 2.50. The van der Waals surface area contributed by atoms with Crippen molar-refractivity contribution in [3.63, 3.8) is 0 Å². The molecule has 0 radical (unpaired) electrons. The molecule has 6 nitrogen and oxygen atoms in total. The number of hydrogen-bond acceptors (Lipinski definition) is 3. The Kier molecular flexibility index (Phi) is 3.37. The van der Waals surface area contributed by atoms with E-state index in [9.17, 15) is 0 Å². The highest BCUT2D eigenvalue weighted by molar-refractivity contribution is 6.00. The number of hydrogen-bond donors (Lipinski definition) is 2. The van der Waals surface area contributed by atoms with Gasteiger partial charge in [0, 0.05) is 24.0 Å². The average molecular weight is 308 g/mol. The second-order valence-corrected chi connectivity index (χ2v) is 5.86. The number of aromatic nitrogens is 4. The van der Waals surface area contributed by atoms with Gasteiger partial charge in [0.2, 0.25) is 0 Å². The van der Waals surface area contributed by atoms with Crippen molar-refractivity contribution >= 4 is 27.9 Å². The van der Waals surface area contributed by atoms with Gasteiger partial charge in [-0.3, -0.25) is 4.99 Å². The van der Waals surface area contributed by atoms with E-state index in [1.807, 2.05) is 18.5 Å². The summed E-state index contributed by atoms with van der Waals surface area (Å²) in [6, 6.07) is 2.02. The van der Waals surface area contributed by atoms with Crippen LogP contribution in [0.15, 0.2) is 36.2 Å². The third-order valence-electron chi connectivity index (χ3n) is 4.19. The molecule has 3 aromatic heterocycles. The molecule has 6 heteroatoms. The van der Waals surface area contributed by atoms with Crippen LogP contribution >= 0.6 is 0 Å². The molecule has 1 fully saturated rings. The van der Waals surface area contributed by atoms with Gasteiger partial charge in [-0.25, -0.2) is 9.97 Å². The molecule has 1 aliphatic carbocycles. The summed E-state index contributed by atoms with van der Waals surface area (Å²) in [4.78, 5) is 22.4. The van der Waals surface area contributed by atoms with E-state index in [0.29, 0.717) is 12.5 Å². The molecule has 1 aliphatic rings. The number of aromatic amines is 2. The van der Waals surface area contributed by atoms with Crippen molar-refractivity contribution in [2.24, 2.45) is 10.9 Å². The normalized spacial score (nSPS) is 15.4. The molecule has 0 saturated heterocycles. The number of aliphatic imine (C=N–C) groups is 1. The molecule has 0 aliphatic heterocycles. The van der Waals surface area contributed by atoms with Gasteiger partial charge in [0.05, 0.1) is 18.3 Å². The van der Waals surface area contributed by atoms with E-state index in [-0.39, 0.29) is 0 Å². The Morgan fingerprint density at radius 1 is 1.52 bits per heavy atom. The first kappa shape index (κ1) is 14.0. The predicted molar refractivity (Wildman–Crippen MR) is 92.2 cm³/mol. The third-order valence-corrected chi connectivity index (χ3v) is 4.19. The van der Waals surface area contributed by atoms with E-state index in [2.05, 4.69) is 43.3 Å². The summed E-state index contributed by atoms with van der Waals surface area (Å²) in [6.45, 7) is 7.47. The van der Waals surface area contributed by atoms with Gasteiger partial charge in [-0.05, 0) is 32.0 Å². The molecular weight excluding hydrogens is 288 g/mol. The average Bonchev–Trinajstić information content (AvgIpc) is 3.13. The lowest BCUT2D eigenvalue weighted by molar-refractivity contribution is 0.518. The maximum absolute atomic E-state index is 4.68. The molecule has 2 N–H and O–H groups in total. The van der Waals surface area contributed by atoms with Crippen LogP contribution < -0.4 is 0 Å². The summed E-state index contributed by atoms with van der Waals surface area (Å²) < 4.78 is 0. The fourth-order valence-corrected chi connectivity index (χ4v) is 2.96. The first-order chi connectivity index (χ1) is 11.3. The topological polar surface area (TPSA) is 73.0 Å². The number of nitrogens with one attached hydrogen (secondary N) is 2. The Balaban J connectivity index is 1.68. The molecule has 0 amide bonds. The van der Waals surface area contributed by atoms with E-state index in [0.717, 1.165) is 40.3 Å². The first-order valence-corrected chi connectivity index (χ1v) is 8.04. The van der Waals surface area contributed by atoms with Gasteiger partial charge >= 0.3 is 0 Å². The molecule has 0 unspecified atom stereocenters. The number of amidine groups is 1. The van der Waals surface area contributed by atoms with E-state index in [1.54, 1.807) is 6.20 Å². The lowest BCUT2D eigenvalue weighted by Crippen LogP contribution is -2.27. The van der Waals surface area contributed by atoms with Gasteiger partial charge in [-0.1, -0.05) is 6.58 Å². The molecule has 0 atom stereocenters. The minimum absolute atomic E-state index is 0.579. The van der Waals surface area contributed by atoms with E-state index < -0.39 is 0 Å². The van der Waals surface area contributed by atoms with Gasteiger partial charge < -0.3 is 14.9 Å². The van der Waals surface area contributed by atoms with Crippen molar-refractivity contribution in [2.45, 2.75) is 26.3 Å². The van der Waals surface area contributed by atoms with Crippen LogP contribution in [0.2, 0.25) is 0 Å². The molecule has 0 bridgehead atoms. The highest BCUT2D eigenvalue weighted by Crippen LogP contribution is 2.32. The Bertz CT molecular complexity index is 883. The molecular formula is C17H20N6. The Labute approximate surface area is 134 Å². The van der Waals surface area contributed by atoms with E-state index in [1.165, 1.54) is 12.8 Å². The Hall–Kier alpha value is -2.63. The number of fused-ring (bicyclic) bond motifs is 3. The Morgan fingerprint density at radius 3 is 3.13 bits per heavy atom. The van der Waals surface area contributed by atoms with E-state index >= 15 is 0 Å². The second-order valence-electron chi connectivity index (χ2n) is 5.86. The van der Waals surface area contributed by atoms with Crippen LogP contribution in [0.5, 0.6) is 0 Å². The van der Waals surface area contributed by atoms with Crippen molar-refractivity contribution in [3.8, 4) is 0 Å². The largest absolute Gasteiger partial charge is 0.346 e. The summed E-state index contributed by atoms with van der Waals surface area (Å²) >= 11 is 0. The van der Waals surface area contributed by atoms with Crippen LogP contribution in [0.4, 0.5) is 0 Å². The highest BCUT2D eigenvalue weighted by atomic mass is 15.2. The molecule has 3 heterocycles. The summed E-state index contributed by atoms with van der Waals surface area (Å²) in [6.07, 6.45) is 7.99. The fraction of sp³-hybridized carbons (Fsp3) is 0.353. The monoisotopic (exact) mass is 308 g/mol. The quantitative estimate of drug-likeness (QED) is 0.561. The second kappa shape index (κ2) is 5.53. The summed E-state index contributed by atoms with van der Waals surface area (Å²) in [5, 5.41) is 1.07. The standard InChI is InChI=1S/C17H20N6/c1-3-18-17(11-5-6-11)23(4-2)10-14-21-13-9-20-16-12(7-8-19-16)15(13)22-14/h4,7-9,11H,2-3,5-6,10H2,1H3,(H,19,20)(H,21,22)/b18-17-. The number of imidazole rings is 1. The van der Waals surface area contributed by atoms with Crippen LogP contribution in [0.25, 0.3) is 22.1 Å². The zero-order chi connectivity index (χ0) is 15.8. The van der Waals surface area contributed by atoms with Crippen molar-refractivity contribution < 1.29 is 0 Å². The minimum atomic E-state index is 0.579.